The number of nitrogens with one attached hydrogen (secondary N) is 1. The predicted octanol–water partition coefficient (Wildman–Crippen LogP) is 0.756. The second kappa shape index (κ2) is 5.96. The summed E-state index contributed by atoms with van der Waals surface area (Å²) in [5.74, 6) is 2.39. The van der Waals surface area contributed by atoms with Gasteiger partial charge in [-0.3, -0.25) is 0 Å². The van der Waals surface area contributed by atoms with Gasteiger partial charge in [-0.25, -0.2) is 4.79 Å². The Labute approximate surface area is 60.8 Å². The molecule has 0 rings (SSSR count). The van der Waals surface area contributed by atoms with Crippen LogP contribution in [-0.2, 0) is 4.74 Å². The molecule has 0 fully saturated rings. The highest BCUT2D eigenvalue weighted by Crippen LogP contribution is 1.76. The van der Waals surface area contributed by atoms with Crippen molar-refractivity contribution in [3.63, 3.8) is 0 Å². The lowest BCUT2D eigenvalue weighted by Crippen LogP contribution is -2.24. The molecule has 56 valence electrons. The van der Waals surface area contributed by atoms with Crippen molar-refractivity contribution in [1.29, 1.82) is 0 Å². The maximum Gasteiger partial charge on any atom is 0.407 e. The van der Waals surface area contributed by atoms with Crippen molar-refractivity contribution in [1.82, 2.24) is 5.32 Å². The smallest absolute Gasteiger partial charge is 0.407 e. The van der Waals surface area contributed by atoms with E-state index in [4.69, 9.17) is 6.42 Å². The molecule has 1 amide bonds. The Hall–Kier alpha value is -1.17. The van der Waals surface area contributed by atoms with Gasteiger partial charge in [0.25, 0.3) is 0 Å². The van der Waals surface area contributed by atoms with E-state index in [0.717, 1.165) is 0 Å². The van der Waals surface area contributed by atoms with Gasteiger partial charge < -0.3 is 10.1 Å². The van der Waals surface area contributed by atoms with E-state index in [1.165, 1.54) is 0 Å². The van der Waals surface area contributed by atoms with Gasteiger partial charge in [-0.15, -0.1) is 12.3 Å². The van der Waals surface area contributed by atoms with Crippen LogP contribution in [0.3, 0.4) is 0 Å². The predicted molar refractivity (Wildman–Crippen MR) is 38.5 cm³/mol. The molecule has 0 spiro atoms. The molecule has 0 saturated carbocycles. The maximum atomic E-state index is 10.5. The van der Waals surface area contributed by atoms with Crippen molar-refractivity contribution in [3.05, 3.63) is 0 Å². The van der Waals surface area contributed by atoms with Gasteiger partial charge in [0.15, 0.2) is 0 Å². The first-order valence-corrected chi connectivity index (χ1v) is 3.15. The minimum atomic E-state index is -0.405. The number of hydrogen-bond donors (Lipinski definition) is 1. The summed E-state index contributed by atoms with van der Waals surface area (Å²) < 4.78 is 4.57. The molecule has 0 aliphatic carbocycles. The second-order valence-corrected chi connectivity index (χ2v) is 1.60. The van der Waals surface area contributed by atoms with E-state index in [9.17, 15) is 4.79 Å². The normalized spacial score (nSPS) is 8.00. The number of terminal acetylenes is 1. The molecule has 0 radical (unpaired) electrons. The highest BCUT2D eigenvalue weighted by atomic mass is 16.5. The quantitative estimate of drug-likeness (QED) is 0.465. The maximum absolute atomic E-state index is 10.5. The van der Waals surface area contributed by atoms with Crippen molar-refractivity contribution in [2.24, 2.45) is 0 Å². The van der Waals surface area contributed by atoms with Gasteiger partial charge in [0, 0.05) is 13.0 Å². The van der Waals surface area contributed by atoms with Crippen LogP contribution in [-0.4, -0.2) is 19.2 Å². The van der Waals surface area contributed by atoms with Gasteiger partial charge in [-0.05, 0) is 6.92 Å². The van der Waals surface area contributed by atoms with E-state index in [0.29, 0.717) is 19.6 Å². The van der Waals surface area contributed by atoms with Crippen LogP contribution in [0.2, 0.25) is 0 Å². The number of carbonyl (C=O) groups is 1. The van der Waals surface area contributed by atoms with Crippen LogP contribution in [0.1, 0.15) is 13.3 Å². The molecule has 3 nitrogen and oxygen atoms in total. The summed E-state index contributed by atoms with van der Waals surface area (Å²) in [7, 11) is 0. The molecule has 0 aromatic heterocycles. The molecule has 10 heavy (non-hydrogen) atoms. The number of alkyl carbamates (subject to hydrolysis) is 1. The lowest BCUT2D eigenvalue weighted by Gasteiger charge is -2.01. The van der Waals surface area contributed by atoms with E-state index < -0.39 is 6.09 Å². The minimum absolute atomic E-state index is 0.391. The van der Waals surface area contributed by atoms with Gasteiger partial charge in [0.05, 0.1) is 6.61 Å². The molecule has 0 unspecified atom stereocenters. The summed E-state index contributed by atoms with van der Waals surface area (Å²) in [4.78, 5) is 10.5. The van der Waals surface area contributed by atoms with E-state index in [1.807, 2.05) is 0 Å². The van der Waals surface area contributed by atoms with Crippen molar-refractivity contribution in [3.8, 4) is 12.3 Å². The standard InChI is InChI=1S/C7H11NO2/c1-3-5-6-8-7(9)10-4-2/h1H,4-6H2,2H3,(H,8,9). The van der Waals surface area contributed by atoms with Crippen LogP contribution in [0.25, 0.3) is 0 Å². The Bertz CT molecular complexity index is 137. The number of rotatable bonds is 3. The van der Waals surface area contributed by atoms with E-state index in [2.05, 4.69) is 16.0 Å². The topological polar surface area (TPSA) is 38.3 Å². The lowest BCUT2D eigenvalue weighted by atomic mass is 10.4. The van der Waals surface area contributed by atoms with Crippen molar-refractivity contribution in [2.75, 3.05) is 13.2 Å². The highest BCUT2D eigenvalue weighted by molar-refractivity contribution is 5.66. The second-order valence-electron chi connectivity index (χ2n) is 1.60. The molecule has 0 aromatic carbocycles. The molecule has 0 atom stereocenters. The Kier molecular flexibility index (Phi) is 5.26. The van der Waals surface area contributed by atoms with Crippen molar-refractivity contribution >= 4 is 6.09 Å². The molecule has 0 aliphatic rings. The van der Waals surface area contributed by atoms with Crippen molar-refractivity contribution < 1.29 is 9.53 Å². The number of hydrogen-bond acceptors (Lipinski definition) is 2. The van der Waals surface area contributed by atoms with Crippen LogP contribution in [0.15, 0.2) is 0 Å². The zero-order chi connectivity index (χ0) is 7.82. The average molecular weight is 141 g/mol. The number of carbonyl (C=O) groups excluding carboxylic acids is 1. The fourth-order valence-electron chi connectivity index (χ4n) is 0.419. The van der Waals surface area contributed by atoms with E-state index >= 15 is 0 Å². The molecular formula is C7H11NO2. The number of ether oxygens (including phenoxy) is 1. The Morgan fingerprint density at radius 3 is 3.00 bits per heavy atom. The zero-order valence-corrected chi connectivity index (χ0v) is 6.02. The first kappa shape index (κ1) is 8.83. The van der Waals surface area contributed by atoms with Gasteiger partial charge >= 0.3 is 6.09 Å². The summed E-state index contributed by atoms with van der Waals surface area (Å²) in [6.07, 6.45) is 5.08. The van der Waals surface area contributed by atoms with Crippen molar-refractivity contribution in [2.45, 2.75) is 13.3 Å². The van der Waals surface area contributed by atoms with E-state index in [1.54, 1.807) is 6.92 Å². The Balaban J connectivity index is 3.15. The first-order chi connectivity index (χ1) is 4.81. The number of amides is 1. The van der Waals surface area contributed by atoms with Gasteiger partial charge in [-0.2, -0.15) is 0 Å². The van der Waals surface area contributed by atoms with Gasteiger partial charge in [0.1, 0.15) is 0 Å². The van der Waals surface area contributed by atoms with Gasteiger partial charge in [-0.1, -0.05) is 0 Å². The van der Waals surface area contributed by atoms with Crippen LogP contribution in [0, 0.1) is 12.3 Å². The molecule has 1 N–H and O–H groups in total. The highest BCUT2D eigenvalue weighted by Gasteiger charge is 1.95. The SMILES string of the molecule is C#CCCNC(=O)OCC. The molecule has 0 aliphatic heterocycles. The lowest BCUT2D eigenvalue weighted by molar-refractivity contribution is 0.152. The van der Waals surface area contributed by atoms with Crippen LogP contribution in [0.4, 0.5) is 4.79 Å². The molecule has 3 heteroatoms. The van der Waals surface area contributed by atoms with Crippen LogP contribution in [0.5, 0.6) is 0 Å². The zero-order valence-electron chi connectivity index (χ0n) is 6.02. The summed E-state index contributed by atoms with van der Waals surface area (Å²) in [5, 5.41) is 2.48. The largest absolute Gasteiger partial charge is 0.450 e. The monoisotopic (exact) mass is 141 g/mol. The fourth-order valence-corrected chi connectivity index (χ4v) is 0.419. The molecule has 0 aromatic rings. The third-order valence-corrected chi connectivity index (χ3v) is 0.814. The third kappa shape index (κ3) is 4.98. The molecule has 0 saturated heterocycles. The van der Waals surface area contributed by atoms with Crippen LogP contribution < -0.4 is 5.32 Å². The Morgan fingerprint density at radius 2 is 2.50 bits per heavy atom. The molecular weight excluding hydrogens is 130 g/mol. The molecule has 0 bridgehead atoms. The van der Waals surface area contributed by atoms with Gasteiger partial charge in [0.2, 0.25) is 0 Å². The minimum Gasteiger partial charge on any atom is -0.450 e. The van der Waals surface area contributed by atoms with E-state index in [-0.39, 0.29) is 0 Å². The summed E-state index contributed by atoms with van der Waals surface area (Å²) in [5.41, 5.74) is 0. The molecule has 0 heterocycles. The van der Waals surface area contributed by atoms with Crippen LogP contribution >= 0.6 is 0 Å². The third-order valence-electron chi connectivity index (χ3n) is 0.814. The Morgan fingerprint density at radius 1 is 1.80 bits per heavy atom. The summed E-state index contributed by atoms with van der Waals surface area (Å²) in [6.45, 7) is 2.62. The average Bonchev–Trinajstić information content (AvgIpc) is 1.89. The first-order valence-electron chi connectivity index (χ1n) is 3.15. The summed E-state index contributed by atoms with van der Waals surface area (Å²) >= 11 is 0. The fraction of sp³-hybridized carbons (Fsp3) is 0.571. The summed E-state index contributed by atoms with van der Waals surface area (Å²) in [6, 6.07) is 0.